The average molecular weight is 1060 g/mol. The topological polar surface area (TPSA) is 118 Å². The minimum atomic E-state index is -0.831. The Kier molecular flexibility index (Phi) is 55.1. The van der Waals surface area contributed by atoms with Crippen molar-refractivity contribution in [2.75, 3.05) is 109 Å². The van der Waals surface area contributed by atoms with Crippen LogP contribution in [0.4, 0.5) is 0 Å². The smallest absolute Gasteiger partial charge is 0.307 e. The number of hydrogen-bond donors (Lipinski definition) is 1. The van der Waals surface area contributed by atoms with Crippen molar-refractivity contribution >= 4 is 61.1 Å². The Morgan fingerprint density at radius 1 is 0.443 bits per heavy atom. The Bertz CT molecular complexity index is 1180. The standard InChI is InChI=1S/C55H105N3O8S4/c1-6-10-14-18-22-26-44-63-52(59)32-40-57(41-33-53(60)64-45-27-23-19-15-11-7-2)38-30-36-56(5)37-31-39-58(42-34-54(61)65-46-50-69-67-48-28-24-20-16-12-8-3)43-35-55(62)66-47-51-70-68-49-29-25-21-17-13-9-4/h10-11,14-15,52,59H,6-9,12-13,16-51H2,1-5H3/b14-10-,15-11-. The summed E-state index contributed by atoms with van der Waals surface area (Å²) in [6.07, 6.45) is 34.7. The molecule has 0 radical (unpaired) electrons. The molecule has 1 unspecified atom stereocenters. The predicted molar refractivity (Wildman–Crippen MR) is 306 cm³/mol. The van der Waals surface area contributed by atoms with E-state index in [4.69, 9.17) is 18.9 Å². The van der Waals surface area contributed by atoms with Crippen LogP contribution in [0.25, 0.3) is 0 Å². The number of rotatable bonds is 55. The van der Waals surface area contributed by atoms with Gasteiger partial charge in [-0.2, -0.15) is 0 Å². The van der Waals surface area contributed by atoms with Crippen LogP contribution in [0.3, 0.4) is 0 Å². The second-order valence-corrected chi connectivity index (χ2v) is 23.7. The van der Waals surface area contributed by atoms with Crippen molar-refractivity contribution in [1.29, 1.82) is 0 Å². The van der Waals surface area contributed by atoms with Crippen LogP contribution >= 0.6 is 43.2 Å². The van der Waals surface area contributed by atoms with Gasteiger partial charge in [0.1, 0.15) is 13.2 Å². The number of allylic oxidation sites excluding steroid dienone is 4. The van der Waals surface area contributed by atoms with Gasteiger partial charge in [-0.3, -0.25) is 14.4 Å². The summed E-state index contributed by atoms with van der Waals surface area (Å²) in [7, 11) is 9.44. The van der Waals surface area contributed by atoms with Crippen LogP contribution in [-0.4, -0.2) is 153 Å². The molecule has 0 amide bonds. The Balaban J connectivity index is 5.00. The zero-order valence-corrected chi connectivity index (χ0v) is 48.6. The van der Waals surface area contributed by atoms with Crippen LogP contribution in [-0.2, 0) is 33.3 Å². The Labute approximate surface area is 445 Å². The van der Waals surface area contributed by atoms with Crippen molar-refractivity contribution in [3.63, 3.8) is 0 Å². The highest BCUT2D eigenvalue weighted by Gasteiger charge is 2.15. The van der Waals surface area contributed by atoms with E-state index >= 15 is 0 Å². The van der Waals surface area contributed by atoms with E-state index in [0.29, 0.717) is 78.3 Å². The normalized spacial score (nSPS) is 12.4. The van der Waals surface area contributed by atoms with Crippen molar-refractivity contribution in [3.8, 4) is 0 Å². The molecule has 11 nitrogen and oxygen atoms in total. The fourth-order valence-corrected chi connectivity index (χ4v) is 11.4. The summed E-state index contributed by atoms with van der Waals surface area (Å²) < 4.78 is 22.5. The quantitative estimate of drug-likeness (QED) is 0.0155. The van der Waals surface area contributed by atoms with Gasteiger partial charge in [0.25, 0.3) is 0 Å². The molecule has 0 saturated heterocycles. The SMILES string of the molecule is CC/C=C\CCCCOC(=O)CCN(CCCN(C)CCCN(CCC(=O)OCCSSCCCCCCCC)CCC(=O)OCCSSCCCCCCCC)CCC(O)OCCCC/C=C\CC. The number of carbonyl (C=O) groups excluding carboxylic acids is 3. The van der Waals surface area contributed by atoms with Gasteiger partial charge < -0.3 is 38.8 Å². The first-order valence-corrected chi connectivity index (χ1v) is 32.9. The maximum atomic E-state index is 12.8. The molecule has 0 aromatic heterocycles. The molecule has 1 N–H and O–H groups in total. The number of unbranched alkanes of at least 4 members (excludes halogenated alkanes) is 14. The molecular formula is C55H105N3O8S4. The second-order valence-electron chi connectivity index (χ2n) is 18.3. The molecule has 0 aliphatic heterocycles. The summed E-state index contributed by atoms with van der Waals surface area (Å²) in [5, 5.41) is 10.6. The molecule has 0 heterocycles. The van der Waals surface area contributed by atoms with E-state index in [-0.39, 0.29) is 17.9 Å². The third-order valence-electron chi connectivity index (χ3n) is 11.7. The molecular weight excluding hydrogens is 959 g/mol. The largest absolute Gasteiger partial charge is 0.466 e. The van der Waals surface area contributed by atoms with Crippen LogP contribution in [0.15, 0.2) is 24.3 Å². The van der Waals surface area contributed by atoms with E-state index in [2.05, 4.69) is 73.7 Å². The Morgan fingerprint density at radius 2 is 0.857 bits per heavy atom. The lowest BCUT2D eigenvalue weighted by Gasteiger charge is -2.26. The van der Waals surface area contributed by atoms with E-state index in [1.807, 2.05) is 21.6 Å². The molecule has 0 saturated carbocycles. The molecule has 1 atom stereocenters. The third-order valence-corrected chi connectivity index (χ3v) is 16.6. The molecule has 70 heavy (non-hydrogen) atoms. The van der Waals surface area contributed by atoms with Crippen LogP contribution < -0.4 is 0 Å². The second kappa shape index (κ2) is 55.8. The van der Waals surface area contributed by atoms with Gasteiger partial charge in [0.15, 0.2) is 6.29 Å². The molecule has 0 bridgehead atoms. The van der Waals surface area contributed by atoms with Crippen molar-refractivity contribution in [2.24, 2.45) is 0 Å². The van der Waals surface area contributed by atoms with Gasteiger partial charge in [-0.1, -0.05) is 159 Å². The van der Waals surface area contributed by atoms with Crippen LogP contribution in [0.2, 0.25) is 0 Å². The minimum absolute atomic E-state index is 0.175. The number of hydrogen-bond acceptors (Lipinski definition) is 15. The summed E-state index contributed by atoms with van der Waals surface area (Å²) in [5.41, 5.74) is 0. The zero-order chi connectivity index (χ0) is 51.2. The first kappa shape index (κ1) is 69.1. The van der Waals surface area contributed by atoms with Crippen molar-refractivity contribution in [2.45, 2.75) is 201 Å². The third kappa shape index (κ3) is 52.0. The summed E-state index contributed by atoms with van der Waals surface area (Å²) in [6.45, 7) is 16.2. The van der Waals surface area contributed by atoms with Gasteiger partial charge in [0.2, 0.25) is 0 Å². The van der Waals surface area contributed by atoms with Crippen molar-refractivity contribution in [3.05, 3.63) is 24.3 Å². The van der Waals surface area contributed by atoms with Gasteiger partial charge >= 0.3 is 17.9 Å². The van der Waals surface area contributed by atoms with Gasteiger partial charge in [0, 0.05) is 62.2 Å². The van der Waals surface area contributed by atoms with E-state index in [1.54, 1.807) is 21.6 Å². The van der Waals surface area contributed by atoms with Crippen LogP contribution in [0.1, 0.15) is 195 Å². The molecule has 0 rings (SSSR count). The lowest BCUT2D eigenvalue weighted by molar-refractivity contribution is -0.145. The summed E-state index contributed by atoms with van der Waals surface area (Å²) in [5.74, 6) is 3.31. The molecule has 0 aliphatic carbocycles. The van der Waals surface area contributed by atoms with E-state index in [9.17, 15) is 19.5 Å². The van der Waals surface area contributed by atoms with Gasteiger partial charge in [-0.25, -0.2) is 0 Å². The van der Waals surface area contributed by atoms with Crippen molar-refractivity contribution in [1.82, 2.24) is 14.7 Å². The highest BCUT2D eigenvalue weighted by atomic mass is 33.1. The molecule has 0 aliphatic rings. The number of aliphatic hydroxyl groups excluding tert-OH is 1. The first-order chi connectivity index (χ1) is 34.2. The minimum Gasteiger partial charge on any atom is -0.466 e. The van der Waals surface area contributed by atoms with Gasteiger partial charge in [-0.05, 0) is 110 Å². The summed E-state index contributed by atoms with van der Waals surface area (Å²) in [4.78, 5) is 45.0. The molecule has 0 spiro atoms. The Hall–Kier alpha value is -0.910. The number of ether oxygens (including phenoxy) is 4. The number of nitrogens with zero attached hydrogens (tertiary/aromatic N) is 3. The monoisotopic (exact) mass is 1060 g/mol. The summed E-state index contributed by atoms with van der Waals surface area (Å²) >= 11 is 0. The highest BCUT2D eigenvalue weighted by Crippen LogP contribution is 2.24. The molecule has 0 aromatic carbocycles. The highest BCUT2D eigenvalue weighted by molar-refractivity contribution is 8.77. The fraction of sp³-hybridized carbons (Fsp3) is 0.873. The predicted octanol–water partition coefficient (Wildman–Crippen LogP) is 13.6. The van der Waals surface area contributed by atoms with Crippen LogP contribution in [0, 0.1) is 0 Å². The van der Waals surface area contributed by atoms with E-state index in [0.717, 1.165) is 113 Å². The molecule has 0 aromatic rings. The molecule has 412 valence electrons. The number of carbonyl (C=O) groups is 3. The maximum absolute atomic E-state index is 12.8. The number of aliphatic hydroxyl groups is 1. The van der Waals surface area contributed by atoms with E-state index in [1.165, 1.54) is 77.0 Å². The first-order valence-electron chi connectivity index (χ1n) is 27.9. The lowest BCUT2D eigenvalue weighted by Crippen LogP contribution is -2.34. The lowest BCUT2D eigenvalue weighted by atomic mass is 10.1. The molecule has 15 heteroatoms. The van der Waals surface area contributed by atoms with Crippen molar-refractivity contribution < 1.29 is 38.4 Å². The number of esters is 3. The summed E-state index contributed by atoms with van der Waals surface area (Å²) in [6, 6.07) is 0. The average Bonchev–Trinajstić information content (AvgIpc) is 3.35. The van der Waals surface area contributed by atoms with Gasteiger partial charge in [0.05, 0.1) is 25.9 Å². The zero-order valence-electron chi connectivity index (χ0n) is 45.4. The fourth-order valence-electron chi connectivity index (χ4n) is 7.45. The Morgan fingerprint density at radius 3 is 1.33 bits per heavy atom. The van der Waals surface area contributed by atoms with Gasteiger partial charge in [-0.15, -0.1) is 0 Å². The van der Waals surface area contributed by atoms with Crippen LogP contribution in [0.5, 0.6) is 0 Å². The molecule has 0 fully saturated rings. The van der Waals surface area contributed by atoms with E-state index < -0.39 is 6.29 Å². The maximum Gasteiger partial charge on any atom is 0.307 e.